The van der Waals surface area contributed by atoms with Crippen LogP contribution in [0.5, 0.6) is 0 Å². The summed E-state index contributed by atoms with van der Waals surface area (Å²) in [4.78, 5) is 13.1. The van der Waals surface area contributed by atoms with Crippen molar-refractivity contribution < 1.29 is 39.8 Å². The van der Waals surface area contributed by atoms with Crippen molar-refractivity contribution >= 4 is 5.91 Å². The van der Waals surface area contributed by atoms with Crippen LogP contribution in [-0.4, -0.2) is 87.5 Å². The van der Waals surface area contributed by atoms with Crippen LogP contribution in [0.3, 0.4) is 0 Å². The van der Waals surface area contributed by atoms with Gasteiger partial charge in [-0.15, -0.1) is 0 Å². The first kappa shape index (κ1) is 70.9. The fourth-order valence-electron chi connectivity index (χ4n) is 9.99. The summed E-state index contributed by atoms with van der Waals surface area (Å²) in [7, 11) is 0. The highest BCUT2D eigenvalue weighted by atomic mass is 16.7. The number of aliphatic hydroxyl groups excluding tert-OH is 5. The molecular weight excluding hydrogens is 935 g/mol. The number of nitrogens with one attached hydrogen (secondary N) is 1. The van der Waals surface area contributed by atoms with E-state index in [1.165, 1.54) is 212 Å². The van der Waals surface area contributed by atoms with E-state index < -0.39 is 49.5 Å². The fraction of sp³-hybridized carbons (Fsp3) is 0.833. The topological polar surface area (TPSA) is 149 Å². The second-order valence-electron chi connectivity index (χ2n) is 22.2. The lowest BCUT2D eigenvalue weighted by atomic mass is 9.99. The molecule has 0 bridgehead atoms. The summed E-state index contributed by atoms with van der Waals surface area (Å²) in [5.41, 5.74) is 0. The first-order valence-electron chi connectivity index (χ1n) is 32.0. The zero-order chi connectivity index (χ0) is 54.3. The van der Waals surface area contributed by atoms with Gasteiger partial charge in [-0.05, 0) is 77.0 Å². The lowest BCUT2D eigenvalue weighted by Gasteiger charge is -2.40. The van der Waals surface area contributed by atoms with Gasteiger partial charge in [-0.3, -0.25) is 4.79 Å². The van der Waals surface area contributed by atoms with Crippen LogP contribution in [0.15, 0.2) is 60.8 Å². The monoisotopic (exact) mass is 1060 g/mol. The van der Waals surface area contributed by atoms with Gasteiger partial charge in [0.25, 0.3) is 0 Å². The van der Waals surface area contributed by atoms with Gasteiger partial charge in [0.1, 0.15) is 24.4 Å². The lowest BCUT2D eigenvalue weighted by Crippen LogP contribution is -2.60. The van der Waals surface area contributed by atoms with E-state index in [1.807, 2.05) is 6.08 Å². The third kappa shape index (κ3) is 44.4. The summed E-state index contributed by atoms with van der Waals surface area (Å²) in [5.74, 6) is -0.194. The van der Waals surface area contributed by atoms with Crippen LogP contribution in [0.25, 0.3) is 0 Å². The number of hydrogen-bond donors (Lipinski definition) is 6. The zero-order valence-corrected chi connectivity index (χ0v) is 48.8. The van der Waals surface area contributed by atoms with Crippen LogP contribution in [0.2, 0.25) is 0 Å². The third-order valence-corrected chi connectivity index (χ3v) is 15.0. The van der Waals surface area contributed by atoms with Crippen molar-refractivity contribution in [2.75, 3.05) is 13.2 Å². The Bertz CT molecular complexity index is 1360. The molecule has 75 heavy (non-hydrogen) atoms. The maximum absolute atomic E-state index is 13.1. The number of rotatable bonds is 55. The van der Waals surface area contributed by atoms with E-state index in [9.17, 15) is 30.3 Å². The van der Waals surface area contributed by atoms with Gasteiger partial charge in [0, 0.05) is 6.42 Å². The Balaban J connectivity index is 2.21. The molecule has 0 radical (unpaired) electrons. The highest BCUT2D eigenvalue weighted by molar-refractivity contribution is 5.76. The summed E-state index contributed by atoms with van der Waals surface area (Å²) in [5, 5.41) is 54.6. The second-order valence-corrected chi connectivity index (χ2v) is 22.2. The van der Waals surface area contributed by atoms with Crippen molar-refractivity contribution in [1.29, 1.82) is 0 Å². The molecule has 6 N–H and O–H groups in total. The van der Waals surface area contributed by atoms with Crippen molar-refractivity contribution in [2.45, 2.75) is 339 Å². The van der Waals surface area contributed by atoms with Gasteiger partial charge < -0.3 is 40.3 Å². The van der Waals surface area contributed by atoms with Crippen molar-refractivity contribution in [2.24, 2.45) is 0 Å². The van der Waals surface area contributed by atoms with Crippen LogP contribution >= 0.6 is 0 Å². The average Bonchev–Trinajstić information content (AvgIpc) is 3.41. The molecule has 9 heteroatoms. The maximum Gasteiger partial charge on any atom is 0.220 e. The van der Waals surface area contributed by atoms with Crippen LogP contribution in [0.4, 0.5) is 0 Å². The first-order chi connectivity index (χ1) is 36.8. The van der Waals surface area contributed by atoms with Crippen molar-refractivity contribution in [3.63, 3.8) is 0 Å². The smallest absolute Gasteiger partial charge is 0.220 e. The minimum absolute atomic E-state index is 0.194. The average molecular weight is 1060 g/mol. The number of allylic oxidation sites excluding steroid dienone is 9. The minimum atomic E-state index is -1.58. The molecule has 1 aliphatic heterocycles. The van der Waals surface area contributed by atoms with Crippen LogP contribution in [-0.2, 0) is 14.3 Å². The molecule has 0 aromatic rings. The van der Waals surface area contributed by atoms with Gasteiger partial charge in [0.05, 0.1) is 25.4 Å². The molecule has 1 aliphatic rings. The van der Waals surface area contributed by atoms with E-state index in [2.05, 4.69) is 67.8 Å². The number of unbranched alkanes of at least 4 members (excludes halogenated alkanes) is 37. The van der Waals surface area contributed by atoms with Crippen molar-refractivity contribution in [1.82, 2.24) is 5.32 Å². The molecule has 0 aromatic carbocycles. The Morgan fingerprint density at radius 2 is 0.800 bits per heavy atom. The molecule has 1 saturated heterocycles. The summed E-state index contributed by atoms with van der Waals surface area (Å²) in [6, 6.07) is -0.834. The van der Waals surface area contributed by atoms with Gasteiger partial charge in [-0.2, -0.15) is 0 Å². The molecule has 0 aromatic heterocycles. The number of carbonyl (C=O) groups is 1. The number of aliphatic hydroxyl groups is 5. The van der Waals surface area contributed by atoms with Gasteiger partial charge in [-0.25, -0.2) is 0 Å². The molecule has 1 amide bonds. The molecule has 0 spiro atoms. The maximum atomic E-state index is 13.1. The quantitative estimate of drug-likeness (QED) is 0.0261. The fourth-order valence-corrected chi connectivity index (χ4v) is 9.99. The zero-order valence-electron chi connectivity index (χ0n) is 48.8. The highest BCUT2D eigenvalue weighted by Crippen LogP contribution is 2.23. The molecular formula is C66H121NO8. The SMILES string of the molecule is CCCCCCC/C=C\C/C=C\CCCCCCCCCCCC(=O)NC(COC1OC(CO)C(O)C(O)C1O)C(O)/C=C/CC/C=C/CC/C=C/CCCCCCCCCCCCCCCCCCCCCCC. The predicted octanol–water partition coefficient (Wildman–Crippen LogP) is 16.6. The highest BCUT2D eigenvalue weighted by Gasteiger charge is 2.44. The summed E-state index contributed by atoms with van der Waals surface area (Å²) in [6.07, 6.45) is 68.8. The Morgan fingerprint density at radius 1 is 0.453 bits per heavy atom. The largest absolute Gasteiger partial charge is 0.394 e. The normalized spacial score (nSPS) is 19.3. The van der Waals surface area contributed by atoms with Crippen molar-refractivity contribution in [3.05, 3.63) is 60.8 Å². The van der Waals surface area contributed by atoms with E-state index in [4.69, 9.17) is 9.47 Å². The Labute approximate surface area is 462 Å². The molecule has 7 atom stereocenters. The Morgan fingerprint density at radius 3 is 1.20 bits per heavy atom. The number of carbonyl (C=O) groups excluding carboxylic acids is 1. The first-order valence-corrected chi connectivity index (χ1v) is 32.0. The number of ether oxygens (including phenoxy) is 2. The van der Waals surface area contributed by atoms with E-state index in [1.54, 1.807) is 6.08 Å². The molecule has 1 fully saturated rings. The van der Waals surface area contributed by atoms with Crippen LogP contribution in [0, 0.1) is 0 Å². The van der Waals surface area contributed by atoms with Gasteiger partial charge in [0.2, 0.25) is 5.91 Å². The minimum Gasteiger partial charge on any atom is -0.394 e. The molecule has 438 valence electrons. The third-order valence-electron chi connectivity index (χ3n) is 15.0. The van der Waals surface area contributed by atoms with Crippen LogP contribution < -0.4 is 5.32 Å². The van der Waals surface area contributed by atoms with E-state index >= 15 is 0 Å². The standard InChI is InChI=1S/C66H121NO8/c1-3-5-7-9-11-13-15-17-19-21-23-25-26-27-28-29-30-31-32-33-34-36-37-39-41-43-45-47-49-51-53-55-60(69)59(58-74-66-65(73)64(72)63(71)61(57-68)75-66)67-62(70)56-54-52-50-48-46-44-42-40-38-35-24-22-20-18-16-14-12-10-8-6-4-2/h16,18,22,24,37,39,45,47,53,55,59-61,63-66,68-69,71-73H,3-15,17,19-21,23,25-36,38,40-44,46,48-52,54,56-58H2,1-2H3,(H,67,70)/b18-16-,24-22-,39-37+,47-45+,55-53+. The van der Waals surface area contributed by atoms with Gasteiger partial charge in [0.15, 0.2) is 6.29 Å². The van der Waals surface area contributed by atoms with Gasteiger partial charge >= 0.3 is 0 Å². The summed E-state index contributed by atoms with van der Waals surface area (Å²) in [6.45, 7) is 3.77. The van der Waals surface area contributed by atoms with E-state index in [-0.39, 0.29) is 12.5 Å². The summed E-state index contributed by atoms with van der Waals surface area (Å²) >= 11 is 0. The Hall–Kier alpha value is -2.11. The van der Waals surface area contributed by atoms with Crippen molar-refractivity contribution in [3.8, 4) is 0 Å². The molecule has 0 saturated carbocycles. The Kier molecular flexibility index (Phi) is 52.2. The number of hydrogen-bond acceptors (Lipinski definition) is 8. The molecule has 1 rings (SSSR count). The van der Waals surface area contributed by atoms with Gasteiger partial charge in [-0.1, -0.05) is 274 Å². The second kappa shape index (κ2) is 55.2. The summed E-state index contributed by atoms with van der Waals surface area (Å²) < 4.78 is 11.3. The lowest BCUT2D eigenvalue weighted by molar-refractivity contribution is -0.302. The van der Waals surface area contributed by atoms with E-state index in [0.29, 0.717) is 6.42 Å². The van der Waals surface area contributed by atoms with E-state index in [0.717, 1.165) is 64.2 Å². The van der Waals surface area contributed by atoms with Crippen LogP contribution in [0.1, 0.15) is 296 Å². The molecule has 1 heterocycles. The number of amides is 1. The molecule has 9 nitrogen and oxygen atoms in total. The molecule has 0 aliphatic carbocycles. The predicted molar refractivity (Wildman–Crippen MR) is 318 cm³/mol. The molecule has 7 unspecified atom stereocenters.